The highest BCUT2D eigenvalue weighted by atomic mass is 16.6. The molecule has 0 bridgehead atoms. The van der Waals surface area contributed by atoms with E-state index >= 15 is 0 Å². The van der Waals surface area contributed by atoms with E-state index in [4.69, 9.17) is 14.2 Å². The number of unbranched alkanes of at least 4 members (excludes halogenated alkanes) is 12. The number of carbonyl (C=O) groups is 3. The molecule has 0 saturated carbocycles. The summed E-state index contributed by atoms with van der Waals surface area (Å²) < 4.78 is 16.5. The van der Waals surface area contributed by atoms with Crippen molar-refractivity contribution in [1.82, 2.24) is 0 Å². The average Bonchev–Trinajstić information content (AvgIpc) is 3.15. The van der Waals surface area contributed by atoms with Gasteiger partial charge in [0.05, 0.1) is 6.42 Å². The van der Waals surface area contributed by atoms with Crippen LogP contribution in [0.5, 0.6) is 0 Å². The molecule has 6 heteroatoms. The van der Waals surface area contributed by atoms with Gasteiger partial charge < -0.3 is 14.2 Å². The Bertz CT molecular complexity index is 1080. The molecule has 0 aliphatic heterocycles. The van der Waals surface area contributed by atoms with Gasteiger partial charge in [-0.1, -0.05) is 157 Å². The molecule has 0 aromatic heterocycles. The van der Waals surface area contributed by atoms with Crippen molar-refractivity contribution in [3.63, 3.8) is 0 Å². The van der Waals surface area contributed by atoms with Gasteiger partial charge in [-0.2, -0.15) is 0 Å². The molecule has 0 aliphatic rings. The lowest BCUT2D eigenvalue weighted by Gasteiger charge is -2.18. The first-order valence-corrected chi connectivity index (χ1v) is 21.1. The van der Waals surface area contributed by atoms with E-state index in [0.29, 0.717) is 12.8 Å². The van der Waals surface area contributed by atoms with Crippen molar-refractivity contribution in [2.75, 3.05) is 13.2 Å². The quantitative estimate of drug-likeness (QED) is 0.0276. The van der Waals surface area contributed by atoms with E-state index < -0.39 is 12.1 Å². The predicted molar refractivity (Wildman–Crippen MR) is 224 cm³/mol. The lowest BCUT2D eigenvalue weighted by Crippen LogP contribution is -2.30. The van der Waals surface area contributed by atoms with E-state index in [1.165, 1.54) is 25.7 Å². The molecule has 0 N–H and O–H groups in total. The van der Waals surface area contributed by atoms with E-state index in [2.05, 4.69) is 93.7 Å². The third-order valence-corrected chi connectivity index (χ3v) is 8.41. The van der Waals surface area contributed by atoms with Gasteiger partial charge in [0.25, 0.3) is 0 Å². The fourth-order valence-electron chi connectivity index (χ4n) is 5.34. The van der Waals surface area contributed by atoms with Gasteiger partial charge >= 0.3 is 17.9 Å². The van der Waals surface area contributed by atoms with E-state index in [-0.39, 0.29) is 31.6 Å². The standard InChI is InChI=1S/C47H76O6/c1-4-7-10-13-16-19-21-23-24-26-28-31-34-37-40-46(49)52-43-44(42-51-45(48)39-36-33-30-27-18-15-12-9-6-3)53-47(50)41-38-35-32-29-25-22-20-17-14-11-8-5-2/h7-12,16-20,27,33,36,44H,4-6,13-15,21-26,28-32,34-35,37-43H2,1-3H3/b10-7-,11-8-,12-9-,19-16-,20-17-,27-18-,36-33-. The van der Waals surface area contributed by atoms with Crippen LogP contribution in [0.2, 0.25) is 0 Å². The monoisotopic (exact) mass is 737 g/mol. The molecule has 1 atom stereocenters. The zero-order chi connectivity index (χ0) is 38.7. The Labute approximate surface area is 325 Å². The maximum absolute atomic E-state index is 12.7. The van der Waals surface area contributed by atoms with Crippen LogP contribution in [0.25, 0.3) is 0 Å². The fourth-order valence-corrected chi connectivity index (χ4v) is 5.34. The number of allylic oxidation sites excluding steroid dienone is 13. The minimum Gasteiger partial charge on any atom is -0.462 e. The normalized spacial score (nSPS) is 12.9. The minimum absolute atomic E-state index is 0.115. The number of carbonyl (C=O) groups excluding carboxylic acids is 3. The molecule has 0 rings (SSSR count). The van der Waals surface area contributed by atoms with Crippen molar-refractivity contribution >= 4 is 17.9 Å². The smallest absolute Gasteiger partial charge is 0.309 e. The SMILES string of the molecule is CC/C=C\C/C=C\C/C=C\CC(=O)OCC(COC(=O)CCCCCCCCC/C=C\C/C=C\CC)OC(=O)CCCCCCC/C=C\C/C=C\CC. The molecule has 53 heavy (non-hydrogen) atoms. The van der Waals surface area contributed by atoms with Gasteiger partial charge in [0.2, 0.25) is 0 Å². The van der Waals surface area contributed by atoms with Crippen LogP contribution in [-0.2, 0) is 28.6 Å². The highest BCUT2D eigenvalue weighted by Gasteiger charge is 2.19. The first-order chi connectivity index (χ1) is 26.0. The Morgan fingerprint density at radius 1 is 0.396 bits per heavy atom. The van der Waals surface area contributed by atoms with E-state index in [1.807, 2.05) is 6.08 Å². The molecule has 0 fully saturated rings. The molecule has 0 aliphatic carbocycles. The van der Waals surface area contributed by atoms with Crippen molar-refractivity contribution < 1.29 is 28.6 Å². The van der Waals surface area contributed by atoms with Crippen LogP contribution in [0.1, 0.15) is 175 Å². The maximum atomic E-state index is 12.7. The van der Waals surface area contributed by atoms with Crippen molar-refractivity contribution in [1.29, 1.82) is 0 Å². The van der Waals surface area contributed by atoms with Crippen LogP contribution in [0.4, 0.5) is 0 Å². The lowest BCUT2D eigenvalue weighted by atomic mass is 10.1. The van der Waals surface area contributed by atoms with Crippen molar-refractivity contribution in [2.24, 2.45) is 0 Å². The molecular weight excluding hydrogens is 661 g/mol. The summed E-state index contributed by atoms with van der Waals surface area (Å²) in [4.78, 5) is 37.5. The Morgan fingerprint density at radius 3 is 1.23 bits per heavy atom. The Morgan fingerprint density at radius 2 is 0.755 bits per heavy atom. The Balaban J connectivity index is 4.47. The van der Waals surface area contributed by atoms with Crippen molar-refractivity contribution in [3.8, 4) is 0 Å². The summed E-state index contributed by atoms with van der Waals surface area (Å²) in [5.74, 6) is -1.08. The van der Waals surface area contributed by atoms with E-state index in [9.17, 15) is 14.4 Å². The maximum Gasteiger partial charge on any atom is 0.309 e. The van der Waals surface area contributed by atoms with Crippen LogP contribution in [0, 0.1) is 0 Å². The highest BCUT2D eigenvalue weighted by Crippen LogP contribution is 2.12. The van der Waals surface area contributed by atoms with Gasteiger partial charge in [-0.05, 0) is 83.5 Å². The summed E-state index contributed by atoms with van der Waals surface area (Å²) in [5, 5.41) is 0. The zero-order valence-electron chi connectivity index (χ0n) is 34.0. The van der Waals surface area contributed by atoms with Crippen molar-refractivity contribution in [2.45, 2.75) is 181 Å². The molecule has 0 aromatic rings. The largest absolute Gasteiger partial charge is 0.462 e. The predicted octanol–water partition coefficient (Wildman–Crippen LogP) is 13.3. The van der Waals surface area contributed by atoms with Gasteiger partial charge in [-0.25, -0.2) is 0 Å². The summed E-state index contributed by atoms with van der Waals surface area (Å²) in [6, 6.07) is 0. The molecule has 1 unspecified atom stereocenters. The molecule has 0 saturated heterocycles. The number of hydrogen-bond donors (Lipinski definition) is 0. The average molecular weight is 737 g/mol. The molecule has 0 amide bonds. The summed E-state index contributed by atoms with van der Waals surface area (Å²) in [6.07, 6.45) is 51.7. The third kappa shape index (κ3) is 39.6. The summed E-state index contributed by atoms with van der Waals surface area (Å²) in [7, 11) is 0. The summed E-state index contributed by atoms with van der Waals surface area (Å²) >= 11 is 0. The minimum atomic E-state index is -0.819. The number of ether oxygens (including phenoxy) is 3. The van der Waals surface area contributed by atoms with Gasteiger partial charge in [-0.15, -0.1) is 0 Å². The third-order valence-electron chi connectivity index (χ3n) is 8.41. The second-order valence-corrected chi connectivity index (χ2v) is 13.5. The Kier molecular flexibility index (Phi) is 38.7. The topological polar surface area (TPSA) is 78.9 Å². The zero-order valence-corrected chi connectivity index (χ0v) is 34.0. The van der Waals surface area contributed by atoms with Gasteiger partial charge in [-0.3, -0.25) is 14.4 Å². The number of rotatable bonds is 36. The van der Waals surface area contributed by atoms with Crippen molar-refractivity contribution in [3.05, 3.63) is 85.1 Å². The van der Waals surface area contributed by atoms with Gasteiger partial charge in [0.1, 0.15) is 13.2 Å². The molecule has 0 heterocycles. The Hall–Kier alpha value is -3.41. The van der Waals surface area contributed by atoms with Gasteiger partial charge in [0, 0.05) is 12.8 Å². The number of esters is 3. The van der Waals surface area contributed by atoms with E-state index in [0.717, 1.165) is 109 Å². The summed E-state index contributed by atoms with van der Waals surface area (Å²) in [6.45, 7) is 6.15. The first-order valence-electron chi connectivity index (χ1n) is 21.1. The van der Waals surface area contributed by atoms with E-state index in [1.54, 1.807) is 6.08 Å². The molecule has 0 spiro atoms. The lowest BCUT2D eigenvalue weighted by molar-refractivity contribution is -0.166. The molecular formula is C47H76O6. The van der Waals surface area contributed by atoms with Crippen LogP contribution >= 0.6 is 0 Å². The summed E-state index contributed by atoms with van der Waals surface area (Å²) in [5.41, 5.74) is 0. The number of hydrogen-bond acceptors (Lipinski definition) is 6. The molecule has 0 aromatic carbocycles. The molecule has 300 valence electrons. The first kappa shape index (κ1) is 49.6. The highest BCUT2D eigenvalue weighted by molar-refractivity contribution is 5.72. The van der Waals surface area contributed by atoms with Gasteiger partial charge in [0.15, 0.2) is 6.10 Å². The second-order valence-electron chi connectivity index (χ2n) is 13.5. The van der Waals surface area contributed by atoms with Crippen LogP contribution < -0.4 is 0 Å². The second kappa shape index (κ2) is 41.3. The molecule has 0 radical (unpaired) electrons. The van der Waals surface area contributed by atoms with Crippen LogP contribution in [0.3, 0.4) is 0 Å². The van der Waals surface area contributed by atoms with Crippen LogP contribution in [-0.4, -0.2) is 37.2 Å². The molecule has 6 nitrogen and oxygen atoms in total. The fraction of sp³-hybridized carbons (Fsp3) is 0.638. The van der Waals surface area contributed by atoms with Crippen LogP contribution in [0.15, 0.2) is 85.1 Å².